The van der Waals surface area contributed by atoms with Gasteiger partial charge in [-0.1, -0.05) is 24.3 Å². The van der Waals surface area contributed by atoms with Crippen LogP contribution in [0, 0.1) is 0 Å². The van der Waals surface area contributed by atoms with Gasteiger partial charge in [0.15, 0.2) is 0 Å². The Morgan fingerprint density at radius 3 is 2.64 bits per heavy atom. The van der Waals surface area contributed by atoms with Gasteiger partial charge in [-0.2, -0.15) is 0 Å². The van der Waals surface area contributed by atoms with Crippen molar-refractivity contribution in [3.8, 4) is 0 Å². The first kappa shape index (κ1) is 10.9. The highest BCUT2D eigenvalue weighted by molar-refractivity contribution is 5.49. The first-order chi connectivity index (χ1) is 6.88. The molecule has 2 N–H and O–H groups in total. The van der Waals surface area contributed by atoms with Crippen LogP contribution >= 0.6 is 0 Å². The van der Waals surface area contributed by atoms with Gasteiger partial charge in [-0.3, -0.25) is 0 Å². The zero-order chi connectivity index (χ0) is 10.2. The Bertz CT molecular complexity index is 286. The molecule has 14 heavy (non-hydrogen) atoms. The molecule has 0 radical (unpaired) electrons. The van der Waals surface area contributed by atoms with Crippen LogP contribution < -0.4 is 5.32 Å². The van der Waals surface area contributed by atoms with Crippen molar-refractivity contribution < 1.29 is 9.90 Å². The van der Waals surface area contributed by atoms with Crippen molar-refractivity contribution in [2.24, 2.45) is 0 Å². The number of hydrogen-bond acceptors (Lipinski definition) is 3. The number of carbonyl (C=O) groups excluding carboxylic acids is 1. The summed E-state index contributed by atoms with van der Waals surface area (Å²) in [5.41, 5.74) is 2.02. The summed E-state index contributed by atoms with van der Waals surface area (Å²) in [6, 6.07) is 7.71. The number of hydrogen-bond donors (Lipinski definition) is 2. The molecule has 0 fully saturated rings. The fraction of sp³-hybridized carbons (Fsp3) is 0.364. The van der Waals surface area contributed by atoms with Gasteiger partial charge < -0.3 is 15.2 Å². The molecular weight excluding hydrogens is 178 g/mol. The molecule has 0 spiro atoms. The molecule has 0 aliphatic heterocycles. The number of aliphatic hydroxyl groups excluding tert-OH is 1. The normalized spacial score (nSPS) is 10.1. The summed E-state index contributed by atoms with van der Waals surface area (Å²) in [4.78, 5) is 10.1. The lowest BCUT2D eigenvalue weighted by Crippen LogP contribution is -2.16. The van der Waals surface area contributed by atoms with Crippen LogP contribution in [0.5, 0.6) is 0 Å². The molecule has 1 aromatic carbocycles. The van der Waals surface area contributed by atoms with Crippen molar-refractivity contribution in [2.75, 3.05) is 6.54 Å². The van der Waals surface area contributed by atoms with Crippen molar-refractivity contribution in [1.29, 1.82) is 0 Å². The highest BCUT2D eigenvalue weighted by Gasteiger charge is 1.98. The summed E-state index contributed by atoms with van der Waals surface area (Å²) in [6.07, 6.45) is 1.42. The molecule has 0 bridgehead atoms. The van der Waals surface area contributed by atoms with Gasteiger partial charge in [0.1, 0.15) is 6.29 Å². The molecule has 0 saturated heterocycles. The second kappa shape index (κ2) is 6.29. The van der Waals surface area contributed by atoms with Crippen LogP contribution in [0.1, 0.15) is 17.5 Å². The first-order valence-corrected chi connectivity index (χ1v) is 4.70. The zero-order valence-corrected chi connectivity index (χ0v) is 8.07. The van der Waals surface area contributed by atoms with Gasteiger partial charge >= 0.3 is 0 Å². The smallest absolute Gasteiger partial charge is 0.121 e. The number of nitrogens with one attached hydrogen (secondary N) is 1. The zero-order valence-electron chi connectivity index (χ0n) is 8.07. The number of benzene rings is 1. The molecule has 0 aromatic heterocycles. The van der Waals surface area contributed by atoms with Gasteiger partial charge in [-0.25, -0.2) is 0 Å². The van der Waals surface area contributed by atoms with Crippen LogP contribution in [0.4, 0.5) is 0 Å². The summed E-state index contributed by atoms with van der Waals surface area (Å²) in [5.74, 6) is 0. The SMILES string of the molecule is O=CCCNCc1ccccc1CO. The molecular formula is C11H15NO2. The maximum atomic E-state index is 10.1. The summed E-state index contributed by atoms with van der Waals surface area (Å²) in [5, 5.41) is 12.2. The standard InChI is InChI=1S/C11H15NO2/c13-7-3-6-12-8-10-4-1-2-5-11(10)9-14/h1-2,4-5,7,12,14H,3,6,8-9H2. The van der Waals surface area contributed by atoms with Crippen molar-refractivity contribution in [1.82, 2.24) is 5.32 Å². The van der Waals surface area contributed by atoms with E-state index in [4.69, 9.17) is 5.11 Å². The van der Waals surface area contributed by atoms with E-state index in [2.05, 4.69) is 5.32 Å². The first-order valence-electron chi connectivity index (χ1n) is 4.70. The van der Waals surface area contributed by atoms with E-state index in [1.54, 1.807) is 0 Å². The minimum atomic E-state index is 0.0610. The average molecular weight is 193 g/mol. The summed E-state index contributed by atoms with van der Waals surface area (Å²) >= 11 is 0. The fourth-order valence-electron chi connectivity index (χ4n) is 1.27. The molecule has 0 aliphatic rings. The number of aldehydes is 1. The second-order valence-corrected chi connectivity index (χ2v) is 3.06. The monoisotopic (exact) mass is 193 g/mol. The molecule has 76 valence electrons. The third kappa shape index (κ3) is 3.28. The van der Waals surface area contributed by atoms with Crippen molar-refractivity contribution in [2.45, 2.75) is 19.6 Å². The van der Waals surface area contributed by atoms with Crippen molar-refractivity contribution in [3.05, 3.63) is 35.4 Å². The summed E-state index contributed by atoms with van der Waals surface area (Å²) < 4.78 is 0. The van der Waals surface area contributed by atoms with Crippen LogP contribution in [0.25, 0.3) is 0 Å². The van der Waals surface area contributed by atoms with Crippen LogP contribution in [-0.2, 0) is 17.9 Å². The minimum Gasteiger partial charge on any atom is -0.392 e. The lowest BCUT2D eigenvalue weighted by molar-refractivity contribution is -0.107. The highest BCUT2D eigenvalue weighted by Crippen LogP contribution is 2.07. The fourth-order valence-corrected chi connectivity index (χ4v) is 1.27. The topological polar surface area (TPSA) is 49.3 Å². The largest absolute Gasteiger partial charge is 0.392 e. The lowest BCUT2D eigenvalue weighted by atomic mass is 10.1. The summed E-state index contributed by atoms with van der Waals surface area (Å²) in [6.45, 7) is 1.44. The van der Waals surface area contributed by atoms with Gasteiger partial charge in [0, 0.05) is 19.5 Å². The Kier molecular flexibility index (Phi) is 4.89. The highest BCUT2D eigenvalue weighted by atomic mass is 16.3. The van der Waals surface area contributed by atoms with E-state index < -0.39 is 0 Å². The summed E-state index contributed by atoms with van der Waals surface area (Å²) in [7, 11) is 0. The van der Waals surface area contributed by atoms with Crippen molar-refractivity contribution >= 4 is 6.29 Å². The Morgan fingerprint density at radius 2 is 2.00 bits per heavy atom. The second-order valence-electron chi connectivity index (χ2n) is 3.06. The quantitative estimate of drug-likeness (QED) is 0.520. The third-order valence-electron chi connectivity index (χ3n) is 2.04. The predicted octanol–water partition coefficient (Wildman–Crippen LogP) is 0.858. The number of carbonyl (C=O) groups is 1. The molecule has 0 amide bonds. The van der Waals surface area contributed by atoms with Gasteiger partial charge in [-0.05, 0) is 11.1 Å². The van der Waals surface area contributed by atoms with E-state index in [1.165, 1.54) is 0 Å². The van der Waals surface area contributed by atoms with E-state index in [-0.39, 0.29) is 6.61 Å². The van der Waals surface area contributed by atoms with Crippen LogP contribution in [0.2, 0.25) is 0 Å². The minimum absolute atomic E-state index is 0.0610. The van der Waals surface area contributed by atoms with Crippen LogP contribution in [-0.4, -0.2) is 17.9 Å². The van der Waals surface area contributed by atoms with E-state index in [1.807, 2.05) is 24.3 Å². The molecule has 0 saturated carbocycles. The Balaban J connectivity index is 2.44. The molecule has 3 heteroatoms. The molecule has 0 atom stereocenters. The number of rotatable bonds is 6. The Hall–Kier alpha value is -1.19. The van der Waals surface area contributed by atoms with E-state index in [0.29, 0.717) is 19.5 Å². The molecule has 0 heterocycles. The van der Waals surface area contributed by atoms with Gasteiger partial charge in [0.05, 0.1) is 6.61 Å². The molecule has 0 aliphatic carbocycles. The van der Waals surface area contributed by atoms with Gasteiger partial charge in [0.25, 0.3) is 0 Å². The van der Waals surface area contributed by atoms with Crippen molar-refractivity contribution in [3.63, 3.8) is 0 Å². The molecule has 1 rings (SSSR count). The maximum absolute atomic E-state index is 10.1. The Labute approximate surface area is 83.8 Å². The average Bonchev–Trinajstić information content (AvgIpc) is 2.25. The van der Waals surface area contributed by atoms with Gasteiger partial charge in [-0.15, -0.1) is 0 Å². The van der Waals surface area contributed by atoms with E-state index in [0.717, 1.165) is 17.4 Å². The molecule has 3 nitrogen and oxygen atoms in total. The van der Waals surface area contributed by atoms with E-state index >= 15 is 0 Å². The van der Waals surface area contributed by atoms with Gasteiger partial charge in [0.2, 0.25) is 0 Å². The van der Waals surface area contributed by atoms with Crippen LogP contribution in [0.3, 0.4) is 0 Å². The maximum Gasteiger partial charge on any atom is 0.121 e. The predicted molar refractivity (Wildman–Crippen MR) is 54.8 cm³/mol. The molecule has 1 aromatic rings. The molecule has 0 unspecified atom stereocenters. The number of aliphatic hydroxyl groups is 1. The van der Waals surface area contributed by atoms with E-state index in [9.17, 15) is 4.79 Å². The third-order valence-corrected chi connectivity index (χ3v) is 2.04. The van der Waals surface area contributed by atoms with Crippen LogP contribution in [0.15, 0.2) is 24.3 Å². The Morgan fingerprint density at radius 1 is 1.29 bits per heavy atom. The lowest BCUT2D eigenvalue weighted by Gasteiger charge is -2.07.